The van der Waals surface area contributed by atoms with E-state index in [-0.39, 0.29) is 17.6 Å². The van der Waals surface area contributed by atoms with Crippen LogP contribution in [-0.4, -0.2) is 11.7 Å². The molecule has 5 rings (SSSR count). The molecule has 1 aliphatic heterocycles. The maximum absolute atomic E-state index is 13.4. The highest BCUT2D eigenvalue weighted by atomic mass is 16.5. The standard InChI is InChI=1S/C31H31NO3/c1-3-22-10-14-25(15-11-22)32-28-8-5-9-29(33)31(28)27(19-30(32)34)24-12-16-26(17-13-24)35-20-23-7-4-6-21(2)18-23/h4,6-7,10-18,27H,3,5,8-9,19-20H2,1-2H3. The average molecular weight is 466 g/mol. The Balaban J connectivity index is 1.41. The molecule has 3 aromatic rings. The van der Waals surface area contributed by atoms with Crippen molar-refractivity contribution in [1.29, 1.82) is 0 Å². The molecule has 4 nitrogen and oxygen atoms in total. The fourth-order valence-corrected chi connectivity index (χ4v) is 5.22. The molecule has 0 saturated heterocycles. The molecule has 1 amide bonds. The Labute approximate surface area is 207 Å². The number of benzene rings is 3. The Hall–Kier alpha value is -3.66. The molecule has 0 N–H and O–H groups in total. The zero-order valence-electron chi connectivity index (χ0n) is 20.4. The number of hydrogen-bond acceptors (Lipinski definition) is 3. The molecule has 1 atom stereocenters. The third-order valence-electron chi connectivity index (χ3n) is 7.05. The summed E-state index contributed by atoms with van der Waals surface area (Å²) in [5.41, 5.74) is 7.10. The second kappa shape index (κ2) is 9.91. The van der Waals surface area contributed by atoms with Gasteiger partial charge in [0.15, 0.2) is 5.78 Å². The molecule has 2 aliphatic rings. The van der Waals surface area contributed by atoms with Crippen LogP contribution in [0.4, 0.5) is 5.69 Å². The third-order valence-corrected chi connectivity index (χ3v) is 7.05. The monoisotopic (exact) mass is 465 g/mol. The number of anilines is 1. The molecule has 0 fully saturated rings. The van der Waals surface area contributed by atoms with Crippen LogP contribution in [0.5, 0.6) is 5.75 Å². The fraction of sp³-hybridized carbons (Fsp3) is 0.290. The van der Waals surface area contributed by atoms with Gasteiger partial charge in [-0.05, 0) is 67.1 Å². The zero-order valence-corrected chi connectivity index (χ0v) is 20.4. The molecule has 0 aromatic heterocycles. The Morgan fingerprint density at radius 3 is 2.40 bits per heavy atom. The van der Waals surface area contributed by atoms with E-state index in [1.54, 1.807) is 4.90 Å². The first-order chi connectivity index (χ1) is 17.0. The number of ketones is 1. The van der Waals surface area contributed by atoms with Gasteiger partial charge in [0.1, 0.15) is 12.4 Å². The second-order valence-electron chi connectivity index (χ2n) is 9.49. The summed E-state index contributed by atoms with van der Waals surface area (Å²) in [4.78, 5) is 28.3. The first-order valence-electron chi connectivity index (χ1n) is 12.5. The van der Waals surface area contributed by atoms with E-state index in [0.29, 0.717) is 19.4 Å². The SMILES string of the molecule is CCc1ccc(N2C(=O)CC(c3ccc(OCc4cccc(C)c4)cc3)C3=C2CCCC3=O)cc1. The van der Waals surface area contributed by atoms with Crippen molar-refractivity contribution in [1.82, 2.24) is 0 Å². The van der Waals surface area contributed by atoms with Gasteiger partial charge in [-0.2, -0.15) is 0 Å². The molecule has 3 aromatic carbocycles. The van der Waals surface area contributed by atoms with E-state index in [1.807, 2.05) is 42.5 Å². The third kappa shape index (κ3) is 4.79. The number of rotatable bonds is 6. The maximum atomic E-state index is 13.4. The van der Waals surface area contributed by atoms with Crippen LogP contribution in [0, 0.1) is 6.92 Å². The summed E-state index contributed by atoms with van der Waals surface area (Å²) in [6.45, 7) is 4.69. The summed E-state index contributed by atoms with van der Waals surface area (Å²) in [6.07, 6.45) is 3.32. The average Bonchev–Trinajstić information content (AvgIpc) is 2.88. The predicted octanol–water partition coefficient (Wildman–Crippen LogP) is 6.66. The highest BCUT2D eigenvalue weighted by Crippen LogP contribution is 2.43. The molecular weight excluding hydrogens is 434 g/mol. The topological polar surface area (TPSA) is 46.6 Å². The van der Waals surface area contributed by atoms with Gasteiger partial charge in [-0.1, -0.05) is 61.0 Å². The zero-order chi connectivity index (χ0) is 24.4. The minimum absolute atomic E-state index is 0.0486. The largest absolute Gasteiger partial charge is 0.489 e. The van der Waals surface area contributed by atoms with Gasteiger partial charge in [0.05, 0.1) is 0 Å². The molecule has 0 radical (unpaired) electrons. The molecule has 0 bridgehead atoms. The van der Waals surface area contributed by atoms with Crippen LogP contribution in [0.3, 0.4) is 0 Å². The summed E-state index contributed by atoms with van der Waals surface area (Å²) >= 11 is 0. The molecule has 178 valence electrons. The van der Waals surface area contributed by atoms with E-state index in [4.69, 9.17) is 4.74 Å². The van der Waals surface area contributed by atoms with Crippen LogP contribution in [-0.2, 0) is 22.6 Å². The molecule has 35 heavy (non-hydrogen) atoms. The Kier molecular flexibility index (Phi) is 6.54. The number of hydrogen-bond donors (Lipinski definition) is 0. The first-order valence-corrected chi connectivity index (χ1v) is 12.5. The number of aryl methyl sites for hydroxylation is 2. The normalized spacial score (nSPS) is 18.0. The van der Waals surface area contributed by atoms with Crippen molar-refractivity contribution in [2.45, 2.75) is 58.5 Å². The van der Waals surface area contributed by atoms with Crippen molar-refractivity contribution in [3.8, 4) is 5.75 Å². The van der Waals surface area contributed by atoms with Crippen molar-refractivity contribution >= 4 is 17.4 Å². The van der Waals surface area contributed by atoms with Crippen LogP contribution >= 0.6 is 0 Å². The summed E-state index contributed by atoms with van der Waals surface area (Å²) in [5, 5.41) is 0. The van der Waals surface area contributed by atoms with Gasteiger partial charge in [-0.15, -0.1) is 0 Å². The molecular formula is C31H31NO3. The summed E-state index contributed by atoms with van der Waals surface area (Å²) in [5.74, 6) is 0.785. The highest BCUT2D eigenvalue weighted by Gasteiger charge is 2.39. The van der Waals surface area contributed by atoms with Gasteiger partial charge in [0.2, 0.25) is 5.91 Å². The van der Waals surface area contributed by atoms with Gasteiger partial charge in [-0.3, -0.25) is 14.5 Å². The Morgan fingerprint density at radius 2 is 1.69 bits per heavy atom. The fourth-order valence-electron chi connectivity index (χ4n) is 5.22. The van der Waals surface area contributed by atoms with E-state index in [1.165, 1.54) is 11.1 Å². The number of nitrogens with zero attached hydrogens (tertiary/aromatic N) is 1. The van der Waals surface area contributed by atoms with Gasteiger partial charge in [-0.25, -0.2) is 0 Å². The van der Waals surface area contributed by atoms with Crippen molar-refractivity contribution in [3.05, 3.63) is 106 Å². The van der Waals surface area contributed by atoms with Crippen LogP contribution in [0.2, 0.25) is 0 Å². The van der Waals surface area contributed by atoms with E-state index in [2.05, 4.69) is 44.2 Å². The lowest BCUT2D eigenvalue weighted by Crippen LogP contribution is -2.40. The Morgan fingerprint density at radius 1 is 0.914 bits per heavy atom. The number of Topliss-reactive ketones (excluding diaryl/α,β-unsaturated/α-hetero) is 1. The van der Waals surface area contributed by atoms with Crippen LogP contribution < -0.4 is 9.64 Å². The van der Waals surface area contributed by atoms with Gasteiger partial charge >= 0.3 is 0 Å². The van der Waals surface area contributed by atoms with E-state index < -0.39 is 0 Å². The van der Waals surface area contributed by atoms with E-state index in [0.717, 1.165) is 53.1 Å². The first kappa shape index (κ1) is 23.1. The molecule has 1 heterocycles. The molecule has 1 aliphatic carbocycles. The summed E-state index contributed by atoms with van der Waals surface area (Å²) in [7, 11) is 0. The quantitative estimate of drug-likeness (QED) is 0.409. The van der Waals surface area contributed by atoms with E-state index >= 15 is 0 Å². The van der Waals surface area contributed by atoms with Crippen LogP contribution in [0.1, 0.15) is 60.8 Å². The van der Waals surface area contributed by atoms with Crippen molar-refractivity contribution in [2.24, 2.45) is 0 Å². The highest BCUT2D eigenvalue weighted by molar-refractivity contribution is 6.07. The molecule has 4 heteroatoms. The number of allylic oxidation sites excluding steroid dienone is 2. The smallest absolute Gasteiger partial charge is 0.232 e. The number of carbonyl (C=O) groups excluding carboxylic acids is 2. The van der Waals surface area contributed by atoms with Gasteiger partial charge in [0.25, 0.3) is 0 Å². The van der Waals surface area contributed by atoms with Gasteiger partial charge in [0, 0.05) is 35.7 Å². The van der Waals surface area contributed by atoms with Crippen LogP contribution in [0.25, 0.3) is 0 Å². The van der Waals surface area contributed by atoms with Crippen molar-refractivity contribution < 1.29 is 14.3 Å². The molecule has 0 spiro atoms. The van der Waals surface area contributed by atoms with Crippen LogP contribution in [0.15, 0.2) is 84.1 Å². The van der Waals surface area contributed by atoms with Gasteiger partial charge < -0.3 is 4.74 Å². The Bertz CT molecular complexity index is 1270. The molecule has 0 saturated carbocycles. The minimum Gasteiger partial charge on any atom is -0.489 e. The number of ether oxygens (including phenoxy) is 1. The second-order valence-corrected chi connectivity index (χ2v) is 9.49. The van der Waals surface area contributed by atoms with E-state index in [9.17, 15) is 9.59 Å². The predicted molar refractivity (Wildman–Crippen MR) is 139 cm³/mol. The number of amides is 1. The minimum atomic E-state index is -0.206. The summed E-state index contributed by atoms with van der Waals surface area (Å²) < 4.78 is 5.98. The summed E-state index contributed by atoms with van der Waals surface area (Å²) in [6, 6.07) is 24.3. The molecule has 1 unspecified atom stereocenters. The lowest BCUT2D eigenvalue weighted by Gasteiger charge is -2.38. The lowest BCUT2D eigenvalue weighted by molar-refractivity contribution is -0.119. The lowest BCUT2D eigenvalue weighted by atomic mass is 9.77. The van der Waals surface area contributed by atoms with Crippen molar-refractivity contribution in [2.75, 3.05) is 4.90 Å². The number of carbonyl (C=O) groups is 2. The van der Waals surface area contributed by atoms with Crippen molar-refractivity contribution in [3.63, 3.8) is 0 Å². The maximum Gasteiger partial charge on any atom is 0.232 e.